The number of piperazine rings is 1. The minimum Gasteiger partial charge on any atom is -0.355 e. The molecule has 0 spiro atoms. The second-order valence-corrected chi connectivity index (χ2v) is 7.00. The second-order valence-electron chi connectivity index (χ2n) is 7.00. The first kappa shape index (κ1) is 19.9. The highest BCUT2D eigenvalue weighted by atomic mass is 16.2. The molecule has 1 heterocycles. The Morgan fingerprint density at radius 2 is 1.57 bits per heavy atom. The van der Waals surface area contributed by atoms with Crippen LogP contribution in [-0.2, 0) is 13.0 Å². The van der Waals surface area contributed by atoms with Crippen molar-refractivity contribution in [1.82, 2.24) is 20.4 Å². The Kier molecular flexibility index (Phi) is 7.03. The van der Waals surface area contributed by atoms with Gasteiger partial charge in [0.1, 0.15) is 0 Å². The quantitative estimate of drug-likeness (QED) is 0.807. The van der Waals surface area contributed by atoms with Gasteiger partial charge in [-0.1, -0.05) is 42.5 Å². The fourth-order valence-electron chi connectivity index (χ4n) is 3.31. The molecule has 1 aliphatic heterocycles. The first-order chi connectivity index (χ1) is 13.7. The Hall–Kier alpha value is -2.86. The molecule has 1 aliphatic rings. The van der Waals surface area contributed by atoms with Gasteiger partial charge >= 0.3 is 6.03 Å². The predicted molar refractivity (Wildman–Crippen MR) is 110 cm³/mol. The molecule has 0 saturated carbocycles. The molecule has 1 fully saturated rings. The number of nitrogens with one attached hydrogen (secondary N) is 2. The monoisotopic (exact) mass is 380 g/mol. The van der Waals surface area contributed by atoms with Crippen LogP contribution in [0.3, 0.4) is 0 Å². The first-order valence-corrected chi connectivity index (χ1v) is 9.76. The van der Waals surface area contributed by atoms with Crippen molar-refractivity contribution in [2.45, 2.75) is 13.0 Å². The lowest BCUT2D eigenvalue weighted by Gasteiger charge is -2.34. The van der Waals surface area contributed by atoms with Gasteiger partial charge in [0.15, 0.2) is 0 Å². The summed E-state index contributed by atoms with van der Waals surface area (Å²) in [6, 6.07) is 17.7. The summed E-state index contributed by atoms with van der Waals surface area (Å²) in [7, 11) is 1.61. The van der Waals surface area contributed by atoms with Crippen LogP contribution in [0.15, 0.2) is 54.6 Å². The fourth-order valence-corrected chi connectivity index (χ4v) is 3.31. The summed E-state index contributed by atoms with van der Waals surface area (Å²) in [6.45, 7) is 4.78. The third-order valence-corrected chi connectivity index (χ3v) is 5.11. The highest BCUT2D eigenvalue weighted by molar-refractivity contribution is 5.93. The number of hydrogen-bond donors (Lipinski definition) is 2. The Morgan fingerprint density at radius 1 is 0.893 bits per heavy atom. The third-order valence-electron chi connectivity index (χ3n) is 5.11. The Labute approximate surface area is 166 Å². The molecule has 3 amide bonds. The molecular formula is C22H28N4O2. The average molecular weight is 380 g/mol. The smallest absolute Gasteiger partial charge is 0.317 e. The number of carbonyl (C=O) groups is 2. The summed E-state index contributed by atoms with van der Waals surface area (Å²) >= 11 is 0. The first-order valence-electron chi connectivity index (χ1n) is 9.76. The van der Waals surface area contributed by atoms with Crippen LogP contribution >= 0.6 is 0 Å². The van der Waals surface area contributed by atoms with E-state index in [1.54, 1.807) is 19.2 Å². The van der Waals surface area contributed by atoms with Crippen molar-refractivity contribution in [1.29, 1.82) is 0 Å². The summed E-state index contributed by atoms with van der Waals surface area (Å²) in [6.07, 6.45) is 1.04. The van der Waals surface area contributed by atoms with Crippen LogP contribution in [0.5, 0.6) is 0 Å². The summed E-state index contributed by atoms with van der Waals surface area (Å²) in [5.41, 5.74) is 2.94. The van der Waals surface area contributed by atoms with Crippen LogP contribution in [-0.4, -0.2) is 61.5 Å². The molecule has 6 nitrogen and oxygen atoms in total. The van der Waals surface area contributed by atoms with E-state index < -0.39 is 0 Å². The van der Waals surface area contributed by atoms with E-state index >= 15 is 0 Å². The number of urea groups is 1. The van der Waals surface area contributed by atoms with Gasteiger partial charge in [-0.25, -0.2) is 4.79 Å². The molecule has 0 aliphatic carbocycles. The fraction of sp³-hybridized carbons (Fsp3) is 0.364. The van der Waals surface area contributed by atoms with Gasteiger partial charge < -0.3 is 15.5 Å². The van der Waals surface area contributed by atoms with Crippen molar-refractivity contribution in [3.8, 4) is 0 Å². The van der Waals surface area contributed by atoms with Crippen molar-refractivity contribution >= 4 is 11.9 Å². The van der Waals surface area contributed by atoms with Gasteiger partial charge in [0, 0.05) is 51.9 Å². The van der Waals surface area contributed by atoms with Crippen LogP contribution in [0.1, 0.15) is 21.5 Å². The van der Waals surface area contributed by atoms with Gasteiger partial charge in [0.25, 0.3) is 5.91 Å². The molecule has 148 valence electrons. The Balaban J connectivity index is 1.38. The van der Waals surface area contributed by atoms with Crippen molar-refractivity contribution < 1.29 is 9.59 Å². The van der Waals surface area contributed by atoms with Crippen molar-refractivity contribution in [2.75, 3.05) is 39.8 Å². The molecule has 3 rings (SSSR count). The van der Waals surface area contributed by atoms with Crippen molar-refractivity contribution in [3.05, 3.63) is 71.3 Å². The van der Waals surface area contributed by atoms with E-state index in [-0.39, 0.29) is 11.9 Å². The largest absolute Gasteiger partial charge is 0.355 e. The Morgan fingerprint density at radius 3 is 2.21 bits per heavy atom. The molecule has 28 heavy (non-hydrogen) atoms. The molecular weight excluding hydrogens is 352 g/mol. The number of rotatable bonds is 6. The molecule has 2 aromatic carbocycles. The van der Waals surface area contributed by atoms with Crippen LogP contribution < -0.4 is 10.6 Å². The summed E-state index contributed by atoms with van der Waals surface area (Å²) in [5.74, 6) is -0.110. The van der Waals surface area contributed by atoms with Gasteiger partial charge in [0.05, 0.1) is 0 Å². The maximum atomic E-state index is 12.4. The third kappa shape index (κ3) is 5.57. The average Bonchev–Trinajstić information content (AvgIpc) is 2.77. The van der Waals surface area contributed by atoms with E-state index in [1.165, 1.54) is 5.56 Å². The molecule has 0 unspecified atom stereocenters. The number of amides is 3. The van der Waals surface area contributed by atoms with Gasteiger partial charge in [-0.05, 0) is 29.7 Å². The summed E-state index contributed by atoms with van der Waals surface area (Å²) in [4.78, 5) is 28.3. The molecule has 6 heteroatoms. The van der Waals surface area contributed by atoms with Crippen LogP contribution in [0.4, 0.5) is 4.79 Å². The minimum absolute atomic E-state index is 0.0295. The highest BCUT2D eigenvalue weighted by Gasteiger charge is 2.20. The topological polar surface area (TPSA) is 64.7 Å². The van der Waals surface area contributed by atoms with E-state index in [0.717, 1.165) is 44.7 Å². The number of benzene rings is 2. The zero-order chi connectivity index (χ0) is 19.8. The number of carbonyl (C=O) groups excluding carboxylic acids is 2. The maximum Gasteiger partial charge on any atom is 0.317 e. The molecule has 0 bridgehead atoms. The molecule has 2 aromatic rings. The van der Waals surface area contributed by atoms with Crippen LogP contribution in [0, 0.1) is 0 Å². The maximum absolute atomic E-state index is 12.4. The molecule has 0 atom stereocenters. The van der Waals surface area contributed by atoms with Gasteiger partial charge in [-0.15, -0.1) is 0 Å². The number of hydrogen-bond acceptors (Lipinski definition) is 3. The predicted octanol–water partition coefficient (Wildman–Crippen LogP) is 2.12. The molecule has 0 radical (unpaired) electrons. The van der Waals surface area contributed by atoms with E-state index in [0.29, 0.717) is 12.1 Å². The molecule has 2 N–H and O–H groups in total. The second kappa shape index (κ2) is 9.90. The SMILES string of the molecule is CNC(=O)c1ccc(CNC(=O)N2CCN(CCc3ccccc3)CC2)cc1. The van der Waals surface area contributed by atoms with Gasteiger partial charge in [-0.2, -0.15) is 0 Å². The zero-order valence-corrected chi connectivity index (χ0v) is 16.4. The molecule has 0 aromatic heterocycles. The molecule has 1 saturated heterocycles. The van der Waals surface area contributed by atoms with E-state index in [4.69, 9.17) is 0 Å². The highest BCUT2D eigenvalue weighted by Crippen LogP contribution is 2.07. The normalized spacial score (nSPS) is 14.5. The number of nitrogens with zero attached hydrogens (tertiary/aromatic N) is 2. The van der Waals surface area contributed by atoms with Crippen molar-refractivity contribution in [3.63, 3.8) is 0 Å². The standard InChI is InChI=1S/C22H28N4O2/c1-23-21(27)20-9-7-19(8-10-20)17-24-22(28)26-15-13-25(14-16-26)12-11-18-5-3-2-4-6-18/h2-10H,11-17H2,1H3,(H,23,27)(H,24,28). The van der Waals surface area contributed by atoms with Crippen molar-refractivity contribution in [2.24, 2.45) is 0 Å². The zero-order valence-electron chi connectivity index (χ0n) is 16.4. The lowest BCUT2D eigenvalue weighted by atomic mass is 10.1. The van der Waals surface area contributed by atoms with Crippen LogP contribution in [0.25, 0.3) is 0 Å². The summed E-state index contributed by atoms with van der Waals surface area (Å²) in [5, 5.41) is 5.57. The van der Waals surface area contributed by atoms with Gasteiger partial charge in [-0.3, -0.25) is 9.69 Å². The minimum atomic E-state index is -0.110. The lowest BCUT2D eigenvalue weighted by Crippen LogP contribution is -2.51. The lowest BCUT2D eigenvalue weighted by molar-refractivity contribution is 0.0963. The van der Waals surface area contributed by atoms with Gasteiger partial charge in [0.2, 0.25) is 0 Å². The van der Waals surface area contributed by atoms with E-state index in [1.807, 2.05) is 23.1 Å². The van der Waals surface area contributed by atoms with Crippen LogP contribution in [0.2, 0.25) is 0 Å². The van der Waals surface area contributed by atoms with E-state index in [2.05, 4.69) is 39.8 Å². The van der Waals surface area contributed by atoms with E-state index in [9.17, 15) is 9.59 Å². The summed E-state index contributed by atoms with van der Waals surface area (Å²) < 4.78 is 0. The Bertz CT molecular complexity index is 769.